The van der Waals surface area contributed by atoms with E-state index in [4.69, 9.17) is 5.73 Å². The molecule has 18 heavy (non-hydrogen) atoms. The number of hydrogen-bond donors (Lipinski definition) is 1. The number of aromatic nitrogens is 1. The molecule has 1 rings (SSSR count). The SMILES string of the molecule is CC(C)n1cc(N)cc1C(=O)N(C)CC(F)(F)F. The highest BCUT2D eigenvalue weighted by atomic mass is 19.4. The number of alkyl halides is 3. The van der Waals surface area contributed by atoms with Crippen molar-refractivity contribution in [2.45, 2.75) is 26.1 Å². The predicted octanol–water partition coefficient (Wildman–Crippen LogP) is 2.29. The fraction of sp³-hybridized carbons (Fsp3) is 0.545. The smallest absolute Gasteiger partial charge is 0.397 e. The molecule has 0 radical (unpaired) electrons. The van der Waals surface area contributed by atoms with Crippen molar-refractivity contribution in [1.82, 2.24) is 9.47 Å². The molecule has 102 valence electrons. The van der Waals surface area contributed by atoms with Crippen LogP contribution in [0.3, 0.4) is 0 Å². The number of rotatable bonds is 3. The minimum atomic E-state index is -4.41. The van der Waals surface area contributed by atoms with Crippen molar-refractivity contribution >= 4 is 11.6 Å². The van der Waals surface area contributed by atoms with Crippen LogP contribution in [0.15, 0.2) is 12.3 Å². The second-order valence-electron chi connectivity index (χ2n) is 4.44. The Bertz CT molecular complexity index is 437. The summed E-state index contributed by atoms with van der Waals surface area (Å²) < 4.78 is 38.2. The van der Waals surface area contributed by atoms with E-state index in [1.165, 1.54) is 6.07 Å². The van der Waals surface area contributed by atoms with Gasteiger partial charge in [0.25, 0.3) is 5.91 Å². The van der Waals surface area contributed by atoms with Gasteiger partial charge in [0, 0.05) is 19.3 Å². The van der Waals surface area contributed by atoms with Crippen LogP contribution in [0.4, 0.5) is 18.9 Å². The first kappa shape index (κ1) is 14.4. The largest absolute Gasteiger partial charge is 0.406 e. The number of hydrogen-bond acceptors (Lipinski definition) is 2. The normalized spacial score (nSPS) is 11.9. The zero-order chi connectivity index (χ0) is 14.1. The molecule has 7 heteroatoms. The van der Waals surface area contributed by atoms with Crippen molar-refractivity contribution in [2.75, 3.05) is 19.3 Å². The van der Waals surface area contributed by atoms with E-state index in [0.29, 0.717) is 10.6 Å². The maximum Gasteiger partial charge on any atom is 0.406 e. The second-order valence-corrected chi connectivity index (χ2v) is 4.44. The Morgan fingerprint density at radius 2 is 2.06 bits per heavy atom. The Balaban J connectivity index is 2.97. The third-order valence-corrected chi connectivity index (χ3v) is 2.41. The summed E-state index contributed by atoms with van der Waals surface area (Å²) in [6.45, 7) is 2.36. The number of anilines is 1. The summed E-state index contributed by atoms with van der Waals surface area (Å²) in [6, 6.07) is 1.33. The van der Waals surface area contributed by atoms with E-state index in [-0.39, 0.29) is 11.7 Å². The van der Waals surface area contributed by atoms with Crippen molar-refractivity contribution in [3.63, 3.8) is 0 Å². The van der Waals surface area contributed by atoms with Crippen molar-refractivity contribution in [3.05, 3.63) is 18.0 Å². The molecule has 0 aromatic carbocycles. The Hall–Kier alpha value is -1.66. The molecule has 0 saturated heterocycles. The van der Waals surface area contributed by atoms with Crippen LogP contribution < -0.4 is 5.73 Å². The Labute approximate surface area is 103 Å². The molecule has 0 aliphatic heterocycles. The summed E-state index contributed by atoms with van der Waals surface area (Å²) in [7, 11) is 1.11. The molecular weight excluding hydrogens is 247 g/mol. The Kier molecular flexibility index (Phi) is 3.93. The van der Waals surface area contributed by atoms with Crippen molar-refractivity contribution < 1.29 is 18.0 Å². The van der Waals surface area contributed by atoms with Gasteiger partial charge in [-0.2, -0.15) is 13.2 Å². The van der Waals surface area contributed by atoms with E-state index in [9.17, 15) is 18.0 Å². The van der Waals surface area contributed by atoms with Crippen LogP contribution in [-0.2, 0) is 0 Å². The molecule has 0 bridgehead atoms. The molecule has 1 aromatic heterocycles. The number of nitrogen functional groups attached to an aromatic ring is 1. The first-order valence-electron chi connectivity index (χ1n) is 5.41. The van der Waals surface area contributed by atoms with Gasteiger partial charge in [0.15, 0.2) is 0 Å². The molecule has 0 aliphatic rings. The molecule has 2 N–H and O–H groups in total. The fourth-order valence-electron chi connectivity index (χ4n) is 1.64. The summed E-state index contributed by atoms with van der Waals surface area (Å²) in [4.78, 5) is 12.5. The topological polar surface area (TPSA) is 51.3 Å². The maximum atomic E-state index is 12.2. The lowest BCUT2D eigenvalue weighted by molar-refractivity contribution is -0.138. The van der Waals surface area contributed by atoms with E-state index in [1.54, 1.807) is 10.8 Å². The van der Waals surface area contributed by atoms with Crippen LogP contribution in [-0.4, -0.2) is 35.1 Å². The third-order valence-electron chi connectivity index (χ3n) is 2.41. The number of nitrogens with zero attached hydrogens (tertiary/aromatic N) is 2. The van der Waals surface area contributed by atoms with Crippen LogP contribution in [0, 0.1) is 0 Å². The van der Waals surface area contributed by atoms with Gasteiger partial charge in [-0.05, 0) is 19.9 Å². The highest BCUT2D eigenvalue weighted by molar-refractivity contribution is 5.93. The number of halogens is 3. The van der Waals surface area contributed by atoms with Crippen LogP contribution in [0.1, 0.15) is 30.4 Å². The molecule has 0 aliphatic carbocycles. The van der Waals surface area contributed by atoms with Gasteiger partial charge in [-0.1, -0.05) is 0 Å². The quantitative estimate of drug-likeness (QED) is 0.909. The summed E-state index contributed by atoms with van der Waals surface area (Å²) >= 11 is 0. The minimum Gasteiger partial charge on any atom is -0.397 e. The lowest BCUT2D eigenvalue weighted by Gasteiger charge is -2.20. The van der Waals surface area contributed by atoms with Gasteiger partial charge in [0.2, 0.25) is 0 Å². The van der Waals surface area contributed by atoms with E-state index in [1.807, 2.05) is 13.8 Å². The maximum absolute atomic E-state index is 12.2. The summed E-state index contributed by atoms with van der Waals surface area (Å²) in [5.41, 5.74) is 6.08. The monoisotopic (exact) mass is 263 g/mol. The Morgan fingerprint density at radius 3 is 2.50 bits per heavy atom. The van der Waals surface area contributed by atoms with E-state index >= 15 is 0 Å². The van der Waals surface area contributed by atoms with Gasteiger partial charge < -0.3 is 15.2 Å². The van der Waals surface area contributed by atoms with E-state index in [0.717, 1.165) is 7.05 Å². The molecule has 0 saturated carbocycles. The molecular formula is C11H16F3N3O. The van der Waals surface area contributed by atoms with Crippen LogP contribution >= 0.6 is 0 Å². The van der Waals surface area contributed by atoms with Crippen LogP contribution in [0.5, 0.6) is 0 Å². The highest BCUT2D eigenvalue weighted by Crippen LogP contribution is 2.20. The second kappa shape index (κ2) is 4.91. The molecule has 1 heterocycles. The Morgan fingerprint density at radius 1 is 1.50 bits per heavy atom. The van der Waals surface area contributed by atoms with Gasteiger partial charge in [0.05, 0.1) is 5.69 Å². The number of carbonyl (C=O) groups is 1. The number of carbonyl (C=O) groups excluding carboxylic acids is 1. The van der Waals surface area contributed by atoms with Gasteiger partial charge >= 0.3 is 6.18 Å². The van der Waals surface area contributed by atoms with E-state index in [2.05, 4.69) is 0 Å². The number of nitrogens with two attached hydrogens (primary N) is 1. The zero-order valence-electron chi connectivity index (χ0n) is 10.5. The first-order valence-corrected chi connectivity index (χ1v) is 5.41. The van der Waals surface area contributed by atoms with Crippen LogP contribution in [0.25, 0.3) is 0 Å². The van der Waals surface area contributed by atoms with Gasteiger partial charge in [-0.15, -0.1) is 0 Å². The lowest BCUT2D eigenvalue weighted by Crippen LogP contribution is -2.36. The molecule has 0 atom stereocenters. The van der Waals surface area contributed by atoms with Crippen molar-refractivity contribution in [3.8, 4) is 0 Å². The summed E-state index contributed by atoms with van der Waals surface area (Å²) in [6.07, 6.45) is -2.87. The average molecular weight is 263 g/mol. The molecule has 0 fully saturated rings. The van der Waals surface area contributed by atoms with Crippen molar-refractivity contribution in [2.24, 2.45) is 0 Å². The third kappa shape index (κ3) is 3.41. The first-order chi connectivity index (χ1) is 8.11. The van der Waals surface area contributed by atoms with Gasteiger partial charge in [0.1, 0.15) is 12.2 Å². The summed E-state index contributed by atoms with van der Waals surface area (Å²) in [5, 5.41) is 0. The molecule has 1 amide bonds. The fourth-order valence-corrected chi connectivity index (χ4v) is 1.64. The average Bonchev–Trinajstić information content (AvgIpc) is 2.56. The van der Waals surface area contributed by atoms with Crippen molar-refractivity contribution in [1.29, 1.82) is 0 Å². The van der Waals surface area contributed by atoms with E-state index < -0.39 is 18.6 Å². The molecule has 1 aromatic rings. The predicted molar refractivity (Wildman–Crippen MR) is 62.2 cm³/mol. The van der Waals surface area contributed by atoms with Crippen LogP contribution in [0.2, 0.25) is 0 Å². The lowest BCUT2D eigenvalue weighted by atomic mass is 10.3. The van der Waals surface area contributed by atoms with Gasteiger partial charge in [-0.3, -0.25) is 4.79 Å². The minimum absolute atomic E-state index is 0.0551. The molecule has 0 unspecified atom stereocenters. The standard InChI is InChI=1S/C11H16F3N3O/c1-7(2)17-5-8(15)4-9(17)10(18)16(3)6-11(12,13)14/h4-5,7H,6,15H2,1-3H3. The molecule has 4 nitrogen and oxygen atoms in total. The number of amides is 1. The van der Waals surface area contributed by atoms with Gasteiger partial charge in [-0.25, -0.2) is 0 Å². The highest BCUT2D eigenvalue weighted by Gasteiger charge is 2.32. The molecule has 0 spiro atoms. The summed E-state index contributed by atoms with van der Waals surface area (Å²) in [5.74, 6) is -0.697. The zero-order valence-corrected chi connectivity index (χ0v) is 10.5.